The van der Waals surface area contributed by atoms with Crippen molar-refractivity contribution in [1.29, 1.82) is 0 Å². The number of aliphatic carboxylic acids is 1. The molecule has 2 N–H and O–H groups in total. The van der Waals surface area contributed by atoms with E-state index in [9.17, 15) is 4.79 Å². The fourth-order valence-corrected chi connectivity index (χ4v) is 2.53. The molecule has 0 radical (unpaired) electrons. The van der Waals surface area contributed by atoms with Crippen LogP contribution in [0.2, 0.25) is 0 Å². The van der Waals surface area contributed by atoms with E-state index in [0.29, 0.717) is 12.3 Å². The maximum absolute atomic E-state index is 11.1. The Labute approximate surface area is 164 Å². The van der Waals surface area contributed by atoms with Gasteiger partial charge in [0.25, 0.3) is 0 Å². The highest BCUT2D eigenvalue weighted by Crippen LogP contribution is 2.24. The summed E-state index contributed by atoms with van der Waals surface area (Å²) in [6.45, 7) is 3.67. The highest BCUT2D eigenvalue weighted by atomic mass is 16.5. The molecule has 0 aromatic heterocycles. The molecule has 0 fully saturated rings. The lowest BCUT2D eigenvalue weighted by molar-refractivity contribution is -0.152. The Morgan fingerprint density at radius 3 is 2.25 bits per heavy atom. The van der Waals surface area contributed by atoms with Gasteiger partial charge in [0.15, 0.2) is 5.60 Å². The number of hydrogen-bond donors (Lipinski definition) is 2. The summed E-state index contributed by atoms with van der Waals surface area (Å²) < 4.78 is 11.4. The summed E-state index contributed by atoms with van der Waals surface area (Å²) in [5.74, 6) is 1.08. The second kappa shape index (κ2) is 8.48. The highest BCUT2D eigenvalue weighted by Gasteiger charge is 2.29. The average molecular weight is 377 g/mol. The van der Waals surface area contributed by atoms with Gasteiger partial charge in [-0.3, -0.25) is 0 Å². The van der Waals surface area contributed by atoms with E-state index in [1.54, 1.807) is 12.1 Å². The van der Waals surface area contributed by atoms with Crippen LogP contribution in [0.3, 0.4) is 0 Å². The molecule has 0 bridgehead atoms. The molecule has 0 amide bonds. The number of carboxylic acids is 1. The van der Waals surface area contributed by atoms with E-state index < -0.39 is 11.6 Å². The van der Waals surface area contributed by atoms with Crippen molar-refractivity contribution < 1.29 is 19.4 Å². The van der Waals surface area contributed by atoms with Crippen LogP contribution < -0.4 is 14.8 Å². The number of anilines is 1. The van der Waals surface area contributed by atoms with Crippen LogP contribution in [0.15, 0.2) is 78.9 Å². The first-order valence-corrected chi connectivity index (χ1v) is 9.00. The van der Waals surface area contributed by atoms with Gasteiger partial charge in [-0.1, -0.05) is 30.3 Å². The molecule has 5 nitrogen and oxygen atoms in total. The number of carbonyl (C=O) groups is 1. The molecule has 0 aliphatic carbocycles. The molecular weight excluding hydrogens is 354 g/mol. The van der Waals surface area contributed by atoms with Gasteiger partial charge in [-0.15, -0.1) is 0 Å². The van der Waals surface area contributed by atoms with Gasteiger partial charge < -0.3 is 19.9 Å². The minimum atomic E-state index is -1.27. The van der Waals surface area contributed by atoms with Gasteiger partial charge in [0.1, 0.15) is 17.2 Å². The Hall–Kier alpha value is -3.47. The molecule has 0 saturated carbocycles. The largest absolute Gasteiger partial charge is 0.478 e. The smallest absolute Gasteiger partial charge is 0.347 e. The van der Waals surface area contributed by atoms with Crippen LogP contribution in [0.1, 0.15) is 19.4 Å². The molecule has 28 heavy (non-hydrogen) atoms. The monoisotopic (exact) mass is 377 g/mol. The van der Waals surface area contributed by atoms with Crippen molar-refractivity contribution in [3.8, 4) is 17.2 Å². The van der Waals surface area contributed by atoms with Crippen molar-refractivity contribution in [2.24, 2.45) is 0 Å². The van der Waals surface area contributed by atoms with Crippen LogP contribution in [-0.4, -0.2) is 16.7 Å². The van der Waals surface area contributed by atoms with Gasteiger partial charge in [-0.25, -0.2) is 4.79 Å². The van der Waals surface area contributed by atoms with Crippen LogP contribution in [0.5, 0.6) is 17.2 Å². The molecule has 3 aromatic carbocycles. The lowest BCUT2D eigenvalue weighted by Crippen LogP contribution is -2.37. The van der Waals surface area contributed by atoms with Crippen molar-refractivity contribution in [3.63, 3.8) is 0 Å². The molecular formula is C23H23NO4. The summed E-state index contributed by atoms with van der Waals surface area (Å²) in [6.07, 6.45) is 0. The second-order valence-corrected chi connectivity index (χ2v) is 6.86. The molecule has 0 heterocycles. The normalized spacial score (nSPS) is 10.9. The summed E-state index contributed by atoms with van der Waals surface area (Å²) >= 11 is 0. The van der Waals surface area contributed by atoms with E-state index in [1.807, 2.05) is 66.7 Å². The number of nitrogens with one attached hydrogen (secondary N) is 1. The maximum atomic E-state index is 11.1. The van der Waals surface area contributed by atoms with Gasteiger partial charge in [-0.05, 0) is 67.9 Å². The first-order valence-electron chi connectivity index (χ1n) is 9.00. The summed E-state index contributed by atoms with van der Waals surface area (Å²) in [4.78, 5) is 11.1. The SMILES string of the molecule is CC(C)(Oc1ccc(NCc2cccc(Oc3ccccc3)c2)cc1)C(=O)O. The van der Waals surface area contributed by atoms with Gasteiger partial charge in [-0.2, -0.15) is 0 Å². The molecule has 0 aliphatic heterocycles. The number of ether oxygens (including phenoxy) is 2. The third kappa shape index (κ3) is 5.27. The van der Waals surface area contributed by atoms with E-state index in [-0.39, 0.29) is 0 Å². The first-order chi connectivity index (χ1) is 13.4. The number of benzene rings is 3. The van der Waals surface area contributed by atoms with Crippen LogP contribution in [-0.2, 0) is 11.3 Å². The van der Waals surface area contributed by atoms with Crippen LogP contribution in [0.4, 0.5) is 5.69 Å². The molecule has 0 aliphatic rings. The van der Waals surface area contributed by atoms with Crippen LogP contribution in [0.25, 0.3) is 0 Å². The Morgan fingerprint density at radius 1 is 0.893 bits per heavy atom. The maximum Gasteiger partial charge on any atom is 0.347 e. The van der Waals surface area contributed by atoms with Gasteiger partial charge in [0.05, 0.1) is 0 Å². The predicted octanol–water partition coefficient (Wildman–Crippen LogP) is 5.33. The van der Waals surface area contributed by atoms with Crippen molar-refractivity contribution >= 4 is 11.7 Å². The summed E-state index contributed by atoms with van der Waals surface area (Å²) in [7, 11) is 0. The van der Waals surface area contributed by atoms with E-state index in [0.717, 1.165) is 22.7 Å². The summed E-state index contributed by atoms with van der Waals surface area (Å²) in [5.41, 5.74) is 0.726. The summed E-state index contributed by atoms with van der Waals surface area (Å²) in [6, 6.07) is 24.8. The minimum Gasteiger partial charge on any atom is -0.478 e. The van der Waals surface area contributed by atoms with Crippen molar-refractivity contribution in [2.45, 2.75) is 26.0 Å². The molecule has 3 rings (SSSR count). The van der Waals surface area contributed by atoms with Gasteiger partial charge >= 0.3 is 5.97 Å². The number of hydrogen-bond acceptors (Lipinski definition) is 4. The molecule has 0 unspecified atom stereocenters. The average Bonchev–Trinajstić information content (AvgIpc) is 2.68. The Kier molecular flexibility index (Phi) is 5.84. The fraction of sp³-hybridized carbons (Fsp3) is 0.174. The molecule has 3 aromatic rings. The zero-order valence-corrected chi connectivity index (χ0v) is 15.9. The van der Waals surface area contributed by atoms with Crippen molar-refractivity contribution in [2.75, 3.05) is 5.32 Å². The quantitative estimate of drug-likeness (QED) is 0.555. The Bertz CT molecular complexity index is 921. The molecule has 0 atom stereocenters. The Balaban J connectivity index is 1.58. The lowest BCUT2D eigenvalue weighted by atomic mass is 10.1. The predicted molar refractivity (Wildman–Crippen MR) is 109 cm³/mol. The zero-order chi connectivity index (χ0) is 20.0. The van der Waals surface area contributed by atoms with Crippen LogP contribution in [0, 0.1) is 0 Å². The fourth-order valence-electron chi connectivity index (χ4n) is 2.53. The molecule has 0 saturated heterocycles. The lowest BCUT2D eigenvalue weighted by Gasteiger charge is -2.21. The molecule has 0 spiro atoms. The first kappa shape index (κ1) is 19.3. The third-order valence-corrected chi connectivity index (χ3v) is 4.12. The Morgan fingerprint density at radius 2 is 1.57 bits per heavy atom. The zero-order valence-electron chi connectivity index (χ0n) is 15.9. The van der Waals surface area contributed by atoms with Gasteiger partial charge in [0, 0.05) is 12.2 Å². The van der Waals surface area contributed by atoms with Gasteiger partial charge in [0.2, 0.25) is 0 Å². The summed E-state index contributed by atoms with van der Waals surface area (Å²) in [5, 5.41) is 12.5. The van der Waals surface area contributed by atoms with E-state index in [1.165, 1.54) is 13.8 Å². The molecule has 144 valence electrons. The van der Waals surface area contributed by atoms with Crippen molar-refractivity contribution in [1.82, 2.24) is 0 Å². The van der Waals surface area contributed by atoms with Crippen LogP contribution >= 0.6 is 0 Å². The van der Waals surface area contributed by atoms with E-state index >= 15 is 0 Å². The van der Waals surface area contributed by atoms with Crippen molar-refractivity contribution in [3.05, 3.63) is 84.4 Å². The third-order valence-electron chi connectivity index (χ3n) is 4.12. The number of rotatable bonds is 8. The standard InChI is InChI=1S/C23H23NO4/c1-23(2,22(25)26)28-20-13-11-18(12-14-20)24-16-17-7-6-10-21(15-17)27-19-8-4-3-5-9-19/h3-15,24H,16H2,1-2H3,(H,25,26). The second-order valence-electron chi connectivity index (χ2n) is 6.86. The molecule has 5 heteroatoms. The topological polar surface area (TPSA) is 67.8 Å². The number of para-hydroxylation sites is 1. The minimum absolute atomic E-state index is 0.510. The highest BCUT2D eigenvalue weighted by molar-refractivity contribution is 5.76. The van der Waals surface area contributed by atoms with E-state index in [2.05, 4.69) is 5.32 Å². The number of carboxylic acid groups (broad SMARTS) is 1. The van der Waals surface area contributed by atoms with E-state index in [4.69, 9.17) is 14.6 Å².